The van der Waals surface area contributed by atoms with Gasteiger partial charge in [-0.05, 0) is 12.8 Å². The lowest BCUT2D eigenvalue weighted by molar-refractivity contribution is -0.160. The zero-order chi connectivity index (χ0) is 37.6. The number of unbranched alkanes of at least 4 members (excludes halogenated alkanes) is 27. The van der Waals surface area contributed by atoms with E-state index in [1.165, 1.54) is 141 Å². The van der Waals surface area contributed by atoms with Gasteiger partial charge in [-0.3, -0.25) is 19.2 Å². The van der Waals surface area contributed by atoms with Gasteiger partial charge in [0.05, 0.1) is 24.7 Å². The zero-order valence-corrected chi connectivity index (χ0v) is 33.2. The maximum absolute atomic E-state index is 12.6. The average molecular weight is 725 g/mol. The number of carboxylic acids is 2. The molecule has 0 aromatic rings. The van der Waals surface area contributed by atoms with Gasteiger partial charge in [-0.1, -0.05) is 200 Å². The van der Waals surface area contributed by atoms with Crippen molar-refractivity contribution in [1.82, 2.24) is 0 Å². The Morgan fingerprint density at radius 2 is 0.588 bits per heavy atom. The average Bonchev–Trinajstić information content (AvgIpc) is 3.10. The summed E-state index contributed by atoms with van der Waals surface area (Å²) in [5.41, 5.74) is 0. The third-order valence-electron chi connectivity index (χ3n) is 10.1. The third-order valence-corrected chi connectivity index (χ3v) is 10.1. The Balaban J connectivity index is 4.08. The Morgan fingerprint density at radius 1 is 0.373 bits per heavy atom. The molecule has 0 bridgehead atoms. The first-order chi connectivity index (χ1) is 24.8. The quantitative estimate of drug-likeness (QED) is 0.0472. The van der Waals surface area contributed by atoms with Crippen molar-refractivity contribution in [2.24, 2.45) is 11.8 Å². The van der Waals surface area contributed by atoms with Crippen LogP contribution >= 0.6 is 0 Å². The van der Waals surface area contributed by atoms with Crippen LogP contribution in [-0.4, -0.2) is 47.3 Å². The molecular weight excluding hydrogens is 644 g/mol. The van der Waals surface area contributed by atoms with Gasteiger partial charge in [0.2, 0.25) is 0 Å². The maximum atomic E-state index is 12.6. The lowest BCUT2D eigenvalue weighted by atomic mass is 9.97. The van der Waals surface area contributed by atoms with E-state index in [2.05, 4.69) is 13.8 Å². The van der Waals surface area contributed by atoms with E-state index < -0.39 is 35.7 Å². The molecule has 51 heavy (non-hydrogen) atoms. The molecule has 2 N–H and O–H groups in total. The van der Waals surface area contributed by atoms with Gasteiger partial charge in [0.25, 0.3) is 0 Å². The predicted octanol–water partition coefficient (Wildman–Crippen LogP) is 12.4. The highest BCUT2D eigenvalue weighted by molar-refractivity contribution is 5.79. The standard InChI is InChI=1S/C43H80O8/c1-3-5-7-9-11-13-15-17-19-21-23-25-27-29-31-33-39(37-41(46)47)43(49)51-35-34-50-42(48)38(36-40(44)45)32-30-28-26-24-22-20-18-16-14-12-10-8-6-4-2/h38-39H,3-37H2,1-2H3,(H,44,45)(H,46,47). The van der Waals surface area contributed by atoms with E-state index in [1.54, 1.807) is 0 Å². The summed E-state index contributed by atoms with van der Waals surface area (Å²) in [4.78, 5) is 48.0. The van der Waals surface area contributed by atoms with Crippen LogP contribution in [0, 0.1) is 11.8 Å². The van der Waals surface area contributed by atoms with Crippen molar-refractivity contribution in [2.45, 2.75) is 226 Å². The van der Waals surface area contributed by atoms with Crippen LogP contribution in [-0.2, 0) is 28.7 Å². The highest BCUT2D eigenvalue weighted by atomic mass is 16.6. The summed E-state index contributed by atoms with van der Waals surface area (Å²) < 4.78 is 10.6. The number of aliphatic carboxylic acids is 2. The number of hydrogen-bond acceptors (Lipinski definition) is 6. The van der Waals surface area contributed by atoms with Crippen molar-refractivity contribution in [3.05, 3.63) is 0 Å². The molecule has 2 atom stereocenters. The van der Waals surface area contributed by atoms with E-state index in [0.717, 1.165) is 44.9 Å². The molecule has 0 radical (unpaired) electrons. The van der Waals surface area contributed by atoms with Gasteiger partial charge < -0.3 is 19.7 Å². The van der Waals surface area contributed by atoms with Crippen LogP contribution in [0.4, 0.5) is 0 Å². The third kappa shape index (κ3) is 34.7. The minimum absolute atomic E-state index is 0.168. The Hall–Kier alpha value is -2.12. The summed E-state index contributed by atoms with van der Waals surface area (Å²) in [5, 5.41) is 18.6. The van der Waals surface area contributed by atoms with Crippen molar-refractivity contribution in [2.75, 3.05) is 13.2 Å². The first kappa shape index (κ1) is 48.9. The Morgan fingerprint density at radius 3 is 0.804 bits per heavy atom. The molecule has 0 aliphatic carbocycles. The number of carbonyl (C=O) groups is 4. The second-order valence-corrected chi connectivity index (χ2v) is 15.0. The summed E-state index contributed by atoms with van der Waals surface area (Å²) >= 11 is 0. The summed E-state index contributed by atoms with van der Waals surface area (Å²) in [6, 6.07) is 0. The molecule has 0 spiro atoms. The van der Waals surface area contributed by atoms with E-state index in [9.17, 15) is 29.4 Å². The van der Waals surface area contributed by atoms with E-state index in [-0.39, 0.29) is 26.1 Å². The number of esters is 2. The van der Waals surface area contributed by atoms with Gasteiger partial charge in [0.15, 0.2) is 0 Å². The summed E-state index contributed by atoms with van der Waals surface area (Å²) in [7, 11) is 0. The molecule has 8 heteroatoms. The minimum atomic E-state index is -1.04. The number of ether oxygens (including phenoxy) is 2. The monoisotopic (exact) mass is 725 g/mol. The summed E-state index contributed by atoms with van der Waals surface area (Å²) in [5.74, 6) is -4.68. The van der Waals surface area contributed by atoms with Crippen LogP contribution < -0.4 is 0 Å². The van der Waals surface area contributed by atoms with Gasteiger partial charge in [-0.25, -0.2) is 0 Å². The number of carbonyl (C=O) groups excluding carboxylic acids is 2. The Bertz CT molecular complexity index is 829. The Labute approximate surface area is 313 Å². The van der Waals surface area contributed by atoms with Crippen molar-refractivity contribution >= 4 is 23.9 Å². The second kappa shape index (κ2) is 37.6. The van der Waals surface area contributed by atoms with E-state index in [0.29, 0.717) is 12.8 Å². The van der Waals surface area contributed by atoms with Gasteiger partial charge in [0.1, 0.15) is 13.2 Å². The van der Waals surface area contributed by atoms with E-state index in [1.807, 2.05) is 0 Å². The first-order valence-electron chi connectivity index (χ1n) is 21.6. The van der Waals surface area contributed by atoms with Crippen LogP contribution in [0.2, 0.25) is 0 Å². The van der Waals surface area contributed by atoms with Gasteiger partial charge >= 0.3 is 23.9 Å². The molecule has 300 valence electrons. The highest BCUT2D eigenvalue weighted by Gasteiger charge is 2.25. The number of rotatable bonds is 40. The molecule has 0 aromatic carbocycles. The second-order valence-electron chi connectivity index (χ2n) is 15.0. The molecule has 0 saturated carbocycles. The fraction of sp³-hybridized carbons (Fsp3) is 0.907. The zero-order valence-electron chi connectivity index (χ0n) is 33.2. The fourth-order valence-electron chi connectivity index (χ4n) is 6.90. The van der Waals surface area contributed by atoms with Crippen LogP contribution in [0.3, 0.4) is 0 Å². The van der Waals surface area contributed by atoms with Crippen LogP contribution in [0.25, 0.3) is 0 Å². The van der Waals surface area contributed by atoms with Crippen LogP contribution in [0.5, 0.6) is 0 Å². The molecule has 0 saturated heterocycles. The molecular formula is C43H80O8. The lowest BCUT2D eigenvalue weighted by Crippen LogP contribution is -2.25. The van der Waals surface area contributed by atoms with E-state index in [4.69, 9.17) is 9.47 Å². The molecule has 0 rings (SSSR count). The van der Waals surface area contributed by atoms with Crippen LogP contribution in [0.1, 0.15) is 226 Å². The van der Waals surface area contributed by atoms with Gasteiger partial charge in [-0.15, -0.1) is 0 Å². The summed E-state index contributed by atoms with van der Waals surface area (Å²) in [6.07, 6.45) is 36.2. The maximum Gasteiger partial charge on any atom is 0.309 e. The molecule has 0 amide bonds. The molecule has 0 aliphatic rings. The Kier molecular flexibility index (Phi) is 36.1. The number of carboxylic acid groups (broad SMARTS) is 2. The lowest BCUT2D eigenvalue weighted by Gasteiger charge is -2.16. The van der Waals surface area contributed by atoms with E-state index >= 15 is 0 Å². The largest absolute Gasteiger partial charge is 0.481 e. The SMILES string of the molecule is CCCCCCCCCCCCCCCCCC(CC(=O)O)C(=O)OCCOC(=O)C(CCCCCCCCCCCCCCCC)CC(=O)O. The topological polar surface area (TPSA) is 127 Å². The van der Waals surface area contributed by atoms with Gasteiger partial charge in [0, 0.05) is 0 Å². The highest BCUT2D eigenvalue weighted by Crippen LogP contribution is 2.20. The normalized spacial score (nSPS) is 12.4. The smallest absolute Gasteiger partial charge is 0.309 e. The molecule has 0 aromatic heterocycles. The number of hydrogen-bond donors (Lipinski definition) is 2. The molecule has 0 fully saturated rings. The van der Waals surface area contributed by atoms with Crippen molar-refractivity contribution < 1.29 is 38.9 Å². The molecule has 2 unspecified atom stereocenters. The first-order valence-corrected chi connectivity index (χ1v) is 21.6. The van der Waals surface area contributed by atoms with Crippen molar-refractivity contribution in [1.29, 1.82) is 0 Å². The van der Waals surface area contributed by atoms with Crippen molar-refractivity contribution in [3.63, 3.8) is 0 Å². The molecule has 0 aliphatic heterocycles. The van der Waals surface area contributed by atoms with Gasteiger partial charge in [-0.2, -0.15) is 0 Å². The molecule has 0 heterocycles. The molecule has 8 nitrogen and oxygen atoms in total. The van der Waals surface area contributed by atoms with Crippen LogP contribution in [0.15, 0.2) is 0 Å². The predicted molar refractivity (Wildman–Crippen MR) is 208 cm³/mol. The minimum Gasteiger partial charge on any atom is -0.481 e. The van der Waals surface area contributed by atoms with Crippen molar-refractivity contribution in [3.8, 4) is 0 Å². The fourth-order valence-corrected chi connectivity index (χ4v) is 6.90. The summed E-state index contributed by atoms with van der Waals surface area (Å²) in [6.45, 7) is 4.16.